The molecule has 0 aliphatic carbocycles. The number of nitrogens with one attached hydrogen (secondary N) is 2. The second-order valence-corrected chi connectivity index (χ2v) is 5.20. The van der Waals surface area contributed by atoms with Crippen molar-refractivity contribution in [1.82, 2.24) is 10.6 Å². The number of hydrogen-bond donors (Lipinski definition) is 2. The van der Waals surface area contributed by atoms with Gasteiger partial charge >= 0.3 is 0 Å². The van der Waals surface area contributed by atoms with Crippen LogP contribution in [0.1, 0.15) is 43.4 Å². The van der Waals surface area contributed by atoms with Crippen molar-refractivity contribution in [2.24, 2.45) is 0 Å². The van der Waals surface area contributed by atoms with Crippen LogP contribution in [-0.4, -0.2) is 18.5 Å². The van der Waals surface area contributed by atoms with Crippen LogP contribution in [0.3, 0.4) is 0 Å². The maximum Gasteiger partial charge on any atom is 0.222 e. The van der Waals surface area contributed by atoms with Gasteiger partial charge in [0.2, 0.25) is 5.91 Å². The van der Waals surface area contributed by atoms with E-state index in [1.54, 1.807) is 0 Å². The minimum absolute atomic E-state index is 0.0829. The molecule has 0 saturated carbocycles. The molecule has 2 N–H and O–H groups in total. The molecule has 1 heterocycles. The Hall–Kier alpha value is -1.35. The van der Waals surface area contributed by atoms with Crippen LogP contribution in [0, 0.1) is 6.92 Å². The number of rotatable bonds is 4. The smallest absolute Gasteiger partial charge is 0.222 e. The van der Waals surface area contributed by atoms with Gasteiger partial charge in [0.15, 0.2) is 0 Å². The molecule has 1 unspecified atom stereocenters. The van der Waals surface area contributed by atoms with Gasteiger partial charge in [-0.15, -0.1) is 0 Å². The van der Waals surface area contributed by atoms with Gasteiger partial charge < -0.3 is 10.6 Å². The van der Waals surface area contributed by atoms with Crippen LogP contribution in [0.5, 0.6) is 0 Å². The molecule has 3 nitrogen and oxygen atoms in total. The van der Waals surface area contributed by atoms with Crippen molar-refractivity contribution < 1.29 is 4.79 Å². The first-order chi connectivity index (χ1) is 8.65. The molecule has 0 radical (unpaired) electrons. The number of aryl methyl sites for hydroxylation is 1. The largest absolute Gasteiger partial charge is 0.350 e. The van der Waals surface area contributed by atoms with E-state index in [0.29, 0.717) is 12.5 Å². The number of carbonyl (C=O) groups is 1. The molecule has 98 valence electrons. The lowest BCUT2D eigenvalue weighted by Gasteiger charge is -2.16. The summed E-state index contributed by atoms with van der Waals surface area (Å²) in [6.45, 7) is 5.15. The lowest BCUT2D eigenvalue weighted by atomic mass is 10.1. The molecule has 2 atom stereocenters. The summed E-state index contributed by atoms with van der Waals surface area (Å²) in [7, 11) is 0. The second kappa shape index (κ2) is 6.01. The van der Waals surface area contributed by atoms with Gasteiger partial charge in [-0.1, -0.05) is 29.8 Å². The number of carbonyl (C=O) groups excluding carboxylic acids is 1. The standard InChI is InChI=1S/C15H22N2O/c1-11-5-7-13(8-6-11)12(2)17-15(18)10-14-4-3-9-16-14/h5-8,12,14,16H,3-4,9-10H2,1-2H3,(H,17,18)/t12-,14?/m1/s1. The van der Waals surface area contributed by atoms with Crippen LogP contribution in [0.2, 0.25) is 0 Å². The fourth-order valence-corrected chi connectivity index (χ4v) is 2.39. The molecule has 1 aromatic carbocycles. The van der Waals surface area contributed by atoms with E-state index < -0.39 is 0 Å². The molecule has 18 heavy (non-hydrogen) atoms. The average Bonchev–Trinajstić information content (AvgIpc) is 2.82. The molecule has 1 aliphatic rings. The van der Waals surface area contributed by atoms with Gasteiger partial charge in [0.25, 0.3) is 0 Å². The molecule has 2 rings (SSSR count). The Labute approximate surface area is 109 Å². The van der Waals surface area contributed by atoms with E-state index >= 15 is 0 Å². The van der Waals surface area contributed by atoms with Gasteiger partial charge in [0.05, 0.1) is 6.04 Å². The van der Waals surface area contributed by atoms with Crippen molar-refractivity contribution in [3.05, 3.63) is 35.4 Å². The lowest BCUT2D eigenvalue weighted by Crippen LogP contribution is -2.33. The molecule has 1 fully saturated rings. The lowest BCUT2D eigenvalue weighted by molar-refractivity contribution is -0.122. The maximum atomic E-state index is 11.9. The van der Waals surface area contributed by atoms with Crippen LogP contribution in [0.25, 0.3) is 0 Å². The Morgan fingerprint density at radius 2 is 2.17 bits per heavy atom. The van der Waals surface area contributed by atoms with Gasteiger partial charge in [-0.05, 0) is 38.8 Å². The Kier molecular flexibility index (Phi) is 4.37. The van der Waals surface area contributed by atoms with Crippen LogP contribution in [0.4, 0.5) is 0 Å². The Balaban J connectivity index is 1.84. The molecule has 0 bridgehead atoms. The third kappa shape index (κ3) is 3.57. The van der Waals surface area contributed by atoms with Gasteiger partial charge in [-0.25, -0.2) is 0 Å². The van der Waals surface area contributed by atoms with Crippen LogP contribution < -0.4 is 10.6 Å². The molecule has 1 saturated heterocycles. The predicted molar refractivity (Wildman–Crippen MR) is 73.4 cm³/mol. The van der Waals surface area contributed by atoms with Crippen molar-refractivity contribution in [2.45, 2.75) is 45.2 Å². The maximum absolute atomic E-state index is 11.9. The van der Waals surface area contributed by atoms with E-state index in [1.807, 2.05) is 6.92 Å². The van der Waals surface area contributed by atoms with Crippen molar-refractivity contribution >= 4 is 5.91 Å². The first-order valence-corrected chi connectivity index (χ1v) is 6.74. The molecule has 1 amide bonds. The number of benzene rings is 1. The minimum Gasteiger partial charge on any atom is -0.350 e. The van der Waals surface area contributed by atoms with Crippen molar-refractivity contribution in [1.29, 1.82) is 0 Å². The van der Waals surface area contributed by atoms with Crippen molar-refractivity contribution in [2.75, 3.05) is 6.54 Å². The molecule has 0 spiro atoms. The summed E-state index contributed by atoms with van der Waals surface area (Å²) in [6.07, 6.45) is 2.90. The average molecular weight is 246 g/mol. The quantitative estimate of drug-likeness (QED) is 0.856. The summed E-state index contributed by atoms with van der Waals surface area (Å²) in [6, 6.07) is 8.77. The monoisotopic (exact) mass is 246 g/mol. The number of amides is 1. The van der Waals surface area contributed by atoms with Crippen molar-refractivity contribution in [3.8, 4) is 0 Å². The molecule has 1 aliphatic heterocycles. The highest BCUT2D eigenvalue weighted by Crippen LogP contribution is 2.14. The third-order valence-corrected chi connectivity index (χ3v) is 3.55. The highest BCUT2D eigenvalue weighted by Gasteiger charge is 2.18. The SMILES string of the molecule is Cc1ccc([C@@H](C)NC(=O)CC2CCCN2)cc1. The zero-order chi connectivity index (χ0) is 13.0. The summed E-state index contributed by atoms with van der Waals surface area (Å²) in [5.41, 5.74) is 2.40. The van der Waals surface area contributed by atoms with E-state index in [2.05, 4.69) is 41.8 Å². The molecular weight excluding hydrogens is 224 g/mol. The Morgan fingerprint density at radius 1 is 1.44 bits per heavy atom. The van der Waals surface area contributed by atoms with E-state index in [-0.39, 0.29) is 11.9 Å². The predicted octanol–water partition coefficient (Wildman–Crippen LogP) is 2.31. The third-order valence-electron chi connectivity index (χ3n) is 3.55. The first-order valence-electron chi connectivity index (χ1n) is 6.74. The highest BCUT2D eigenvalue weighted by atomic mass is 16.1. The topological polar surface area (TPSA) is 41.1 Å². The van der Waals surface area contributed by atoms with Gasteiger partial charge in [0.1, 0.15) is 0 Å². The summed E-state index contributed by atoms with van der Waals surface area (Å²) in [5, 5.41) is 6.41. The van der Waals surface area contributed by atoms with Gasteiger partial charge in [-0.3, -0.25) is 4.79 Å². The fourth-order valence-electron chi connectivity index (χ4n) is 2.39. The second-order valence-electron chi connectivity index (χ2n) is 5.20. The summed E-state index contributed by atoms with van der Waals surface area (Å²) >= 11 is 0. The van der Waals surface area contributed by atoms with Crippen molar-refractivity contribution in [3.63, 3.8) is 0 Å². The molecule has 1 aromatic rings. The van der Waals surface area contributed by atoms with E-state index in [9.17, 15) is 4.79 Å². The van der Waals surface area contributed by atoms with Crippen LogP contribution in [0.15, 0.2) is 24.3 Å². The fraction of sp³-hybridized carbons (Fsp3) is 0.533. The molecule has 3 heteroatoms. The van der Waals surface area contributed by atoms with E-state index in [1.165, 1.54) is 12.0 Å². The van der Waals surface area contributed by atoms with Gasteiger partial charge in [0, 0.05) is 12.5 Å². The zero-order valence-electron chi connectivity index (χ0n) is 11.2. The number of hydrogen-bond acceptors (Lipinski definition) is 2. The minimum atomic E-state index is 0.0829. The van der Waals surface area contributed by atoms with Crippen LogP contribution >= 0.6 is 0 Å². The van der Waals surface area contributed by atoms with Crippen LogP contribution in [-0.2, 0) is 4.79 Å². The molecule has 0 aromatic heterocycles. The summed E-state index contributed by atoms with van der Waals surface area (Å²) in [5.74, 6) is 0.141. The van der Waals surface area contributed by atoms with E-state index in [0.717, 1.165) is 18.5 Å². The highest BCUT2D eigenvalue weighted by molar-refractivity contribution is 5.77. The first kappa shape index (κ1) is 13.1. The zero-order valence-corrected chi connectivity index (χ0v) is 11.2. The normalized spacial score (nSPS) is 20.7. The van der Waals surface area contributed by atoms with E-state index in [4.69, 9.17) is 0 Å². The Morgan fingerprint density at radius 3 is 2.78 bits per heavy atom. The Bertz CT molecular complexity index is 393. The summed E-state index contributed by atoms with van der Waals surface area (Å²) in [4.78, 5) is 11.9. The van der Waals surface area contributed by atoms with Gasteiger partial charge in [-0.2, -0.15) is 0 Å². The summed E-state index contributed by atoms with van der Waals surface area (Å²) < 4.78 is 0. The molecular formula is C15H22N2O.